The lowest BCUT2D eigenvalue weighted by atomic mass is 9.84. The largest absolute Gasteiger partial charge is 0.432 e. The fourth-order valence-electron chi connectivity index (χ4n) is 5.87. The number of benzene rings is 3. The highest BCUT2D eigenvalue weighted by atomic mass is 16.8. The van der Waals surface area contributed by atoms with Crippen molar-refractivity contribution < 1.29 is 28.6 Å². The van der Waals surface area contributed by atoms with E-state index < -0.39 is 47.2 Å². The number of methoxy groups -OCH3 is 1. The molecule has 4 rings (SSSR count). The van der Waals surface area contributed by atoms with Crippen molar-refractivity contribution in [1.29, 1.82) is 0 Å². The molecule has 3 aromatic carbocycles. The number of carbonyl (C=O) groups is 3. The zero-order chi connectivity index (χ0) is 33.5. The molecule has 0 bridgehead atoms. The summed E-state index contributed by atoms with van der Waals surface area (Å²) in [6.45, 7) is 11.4. The smallest absolute Gasteiger partial charge is 0.338 e. The molecule has 3 aromatic rings. The quantitative estimate of drug-likeness (QED) is 0.215. The van der Waals surface area contributed by atoms with Gasteiger partial charge in [0.15, 0.2) is 6.10 Å². The topological polar surface area (TPSA) is 103 Å². The standard InChI is InChI=1S/C38H48N2O6/c1-25-14-11-12-18-29(25)27-22-20-26(21-23-27)15-13-19-30(32-36(43)46-38(5,6)45-32)34(41)40-33(37(2,3)4)35(42)39-31(24-44-7)28-16-9-8-10-17-28/h8-12,14,16-18,20-23,30-33H,13,15,19,24H2,1-7H3,(H,39,42)(H,40,41)/t30-,31-,32+,33-/m1/s1. The molecule has 0 spiro atoms. The first-order chi connectivity index (χ1) is 21.8. The summed E-state index contributed by atoms with van der Waals surface area (Å²) in [5, 5.41) is 6.04. The molecule has 2 amide bonds. The maximum atomic E-state index is 14.0. The predicted molar refractivity (Wildman–Crippen MR) is 179 cm³/mol. The first kappa shape index (κ1) is 34.9. The van der Waals surface area contributed by atoms with E-state index in [0.717, 1.165) is 16.7 Å². The van der Waals surface area contributed by atoms with Crippen LogP contribution in [0.25, 0.3) is 11.1 Å². The summed E-state index contributed by atoms with van der Waals surface area (Å²) < 4.78 is 16.8. The van der Waals surface area contributed by atoms with Gasteiger partial charge < -0.3 is 24.8 Å². The van der Waals surface area contributed by atoms with Gasteiger partial charge in [0.05, 0.1) is 18.6 Å². The van der Waals surface area contributed by atoms with Gasteiger partial charge in [-0.25, -0.2) is 4.79 Å². The highest BCUT2D eigenvalue weighted by Crippen LogP contribution is 2.32. The lowest BCUT2D eigenvalue weighted by molar-refractivity contribution is -0.162. The van der Waals surface area contributed by atoms with E-state index in [0.29, 0.717) is 19.3 Å². The van der Waals surface area contributed by atoms with Gasteiger partial charge in [-0.15, -0.1) is 0 Å². The second-order valence-corrected chi connectivity index (χ2v) is 13.6. The Labute approximate surface area is 273 Å². The summed E-state index contributed by atoms with van der Waals surface area (Å²) in [4.78, 5) is 40.7. The van der Waals surface area contributed by atoms with Crippen molar-refractivity contribution in [2.75, 3.05) is 13.7 Å². The van der Waals surface area contributed by atoms with Crippen molar-refractivity contribution in [1.82, 2.24) is 10.6 Å². The van der Waals surface area contributed by atoms with Crippen LogP contribution in [0, 0.1) is 18.3 Å². The predicted octanol–water partition coefficient (Wildman–Crippen LogP) is 6.31. The van der Waals surface area contributed by atoms with E-state index in [1.54, 1.807) is 21.0 Å². The van der Waals surface area contributed by atoms with Crippen LogP contribution in [0.15, 0.2) is 78.9 Å². The van der Waals surface area contributed by atoms with Crippen LogP contribution in [-0.4, -0.2) is 49.4 Å². The Balaban J connectivity index is 1.49. The van der Waals surface area contributed by atoms with E-state index in [4.69, 9.17) is 14.2 Å². The van der Waals surface area contributed by atoms with Crippen molar-refractivity contribution in [2.45, 2.75) is 84.8 Å². The second-order valence-electron chi connectivity index (χ2n) is 13.6. The molecule has 8 heteroatoms. The fourth-order valence-corrected chi connectivity index (χ4v) is 5.87. The number of nitrogens with one attached hydrogen (secondary N) is 2. The van der Waals surface area contributed by atoms with Crippen LogP contribution >= 0.6 is 0 Å². The zero-order valence-electron chi connectivity index (χ0n) is 28.1. The van der Waals surface area contributed by atoms with E-state index in [1.807, 2.05) is 63.2 Å². The third kappa shape index (κ3) is 9.04. The number of hydrogen-bond acceptors (Lipinski definition) is 6. The Morgan fingerprint density at radius 1 is 0.913 bits per heavy atom. The van der Waals surface area contributed by atoms with Crippen LogP contribution in [-0.2, 0) is 35.0 Å². The molecule has 1 aliphatic heterocycles. The monoisotopic (exact) mass is 628 g/mol. The van der Waals surface area contributed by atoms with Gasteiger partial charge in [0.1, 0.15) is 6.04 Å². The van der Waals surface area contributed by atoms with Gasteiger partial charge in [0, 0.05) is 21.0 Å². The summed E-state index contributed by atoms with van der Waals surface area (Å²) >= 11 is 0. The molecule has 0 aliphatic carbocycles. The average Bonchev–Trinajstić information content (AvgIpc) is 3.29. The summed E-state index contributed by atoms with van der Waals surface area (Å²) in [6.07, 6.45) is 0.636. The molecule has 0 unspecified atom stereocenters. The van der Waals surface area contributed by atoms with Gasteiger partial charge in [-0.3, -0.25) is 9.59 Å². The van der Waals surface area contributed by atoms with Gasteiger partial charge in [0.2, 0.25) is 17.6 Å². The molecule has 246 valence electrons. The van der Waals surface area contributed by atoms with Crippen molar-refractivity contribution in [3.63, 3.8) is 0 Å². The molecule has 4 atom stereocenters. The van der Waals surface area contributed by atoms with Crippen LogP contribution in [0.3, 0.4) is 0 Å². The Morgan fingerprint density at radius 3 is 2.15 bits per heavy atom. The van der Waals surface area contributed by atoms with E-state index in [2.05, 4.69) is 54.0 Å². The Hall–Kier alpha value is -4.01. The number of hydrogen-bond donors (Lipinski definition) is 2. The number of esters is 1. The molecule has 1 fully saturated rings. The minimum absolute atomic E-state index is 0.270. The average molecular weight is 629 g/mol. The number of amides is 2. The van der Waals surface area contributed by atoms with Gasteiger partial charge in [-0.05, 0) is 59.4 Å². The van der Waals surface area contributed by atoms with Crippen molar-refractivity contribution in [3.05, 3.63) is 95.6 Å². The first-order valence-corrected chi connectivity index (χ1v) is 16.0. The molecule has 1 saturated heterocycles. The molecule has 8 nitrogen and oxygen atoms in total. The summed E-state index contributed by atoms with van der Waals surface area (Å²) in [5.41, 5.74) is 4.95. The number of carbonyl (C=O) groups excluding carboxylic acids is 3. The molecule has 1 aliphatic rings. The lowest BCUT2D eigenvalue weighted by Gasteiger charge is -2.33. The van der Waals surface area contributed by atoms with E-state index >= 15 is 0 Å². The van der Waals surface area contributed by atoms with Crippen molar-refractivity contribution in [2.24, 2.45) is 11.3 Å². The maximum Gasteiger partial charge on any atom is 0.338 e. The fraction of sp³-hybridized carbons (Fsp3) is 0.447. The summed E-state index contributed by atoms with van der Waals surface area (Å²) in [5.74, 6) is -3.33. The van der Waals surface area contributed by atoms with Gasteiger partial charge in [0.25, 0.3) is 0 Å². The van der Waals surface area contributed by atoms with Gasteiger partial charge >= 0.3 is 5.97 Å². The number of cyclic esters (lactones) is 1. The summed E-state index contributed by atoms with van der Waals surface area (Å²) in [7, 11) is 1.58. The molecule has 1 heterocycles. The molecule has 0 radical (unpaired) electrons. The second kappa shape index (κ2) is 15.1. The lowest BCUT2D eigenvalue weighted by Crippen LogP contribution is -2.56. The number of rotatable bonds is 13. The van der Waals surface area contributed by atoms with Crippen LogP contribution in [0.5, 0.6) is 0 Å². The van der Waals surface area contributed by atoms with Gasteiger partial charge in [-0.1, -0.05) is 99.6 Å². The highest BCUT2D eigenvalue weighted by molar-refractivity contribution is 5.92. The third-order valence-electron chi connectivity index (χ3n) is 8.35. The highest BCUT2D eigenvalue weighted by Gasteiger charge is 2.48. The molecule has 2 N–H and O–H groups in total. The molecular weight excluding hydrogens is 580 g/mol. The number of aryl methyl sites for hydroxylation is 2. The Kier molecular flexibility index (Phi) is 11.4. The van der Waals surface area contributed by atoms with Crippen molar-refractivity contribution >= 4 is 17.8 Å². The Bertz CT molecular complexity index is 1480. The zero-order valence-corrected chi connectivity index (χ0v) is 28.1. The van der Waals surface area contributed by atoms with Gasteiger partial charge in [-0.2, -0.15) is 0 Å². The number of ether oxygens (including phenoxy) is 3. The normalized spacial score (nSPS) is 17.9. The molecule has 0 saturated carbocycles. The first-order valence-electron chi connectivity index (χ1n) is 16.0. The van der Waals surface area contributed by atoms with E-state index in [1.165, 1.54) is 11.1 Å². The van der Waals surface area contributed by atoms with Crippen LogP contribution in [0.2, 0.25) is 0 Å². The van der Waals surface area contributed by atoms with Crippen LogP contribution in [0.4, 0.5) is 0 Å². The van der Waals surface area contributed by atoms with E-state index in [-0.39, 0.29) is 12.5 Å². The SMILES string of the molecule is COC[C@@H](NC(=O)[C@@H](NC(=O)[C@H](CCCc1ccc(-c2ccccc2C)cc1)[C@@H]1OC(C)(C)OC1=O)C(C)(C)C)c1ccccc1. The van der Waals surface area contributed by atoms with Crippen LogP contribution < -0.4 is 10.6 Å². The maximum absolute atomic E-state index is 14.0. The Morgan fingerprint density at radius 2 is 1.57 bits per heavy atom. The van der Waals surface area contributed by atoms with E-state index in [9.17, 15) is 14.4 Å². The van der Waals surface area contributed by atoms with Crippen LogP contribution in [0.1, 0.15) is 70.2 Å². The minimum atomic E-state index is -1.14. The minimum Gasteiger partial charge on any atom is -0.432 e. The molecule has 46 heavy (non-hydrogen) atoms. The molecular formula is C38H48N2O6. The summed E-state index contributed by atoms with van der Waals surface area (Å²) in [6, 6.07) is 25.0. The van der Waals surface area contributed by atoms with Crippen molar-refractivity contribution in [3.8, 4) is 11.1 Å². The third-order valence-corrected chi connectivity index (χ3v) is 8.35. The molecule has 0 aromatic heterocycles.